The number of ether oxygens (including phenoxy) is 2. The summed E-state index contributed by atoms with van der Waals surface area (Å²) in [5, 5.41) is 0. The lowest BCUT2D eigenvalue weighted by Gasteiger charge is -2.23. The van der Waals surface area contributed by atoms with Gasteiger partial charge in [-0.3, -0.25) is 9.69 Å². The number of ketones is 1. The molecule has 0 radical (unpaired) electrons. The third-order valence-electron chi connectivity index (χ3n) is 3.81. The summed E-state index contributed by atoms with van der Waals surface area (Å²) in [7, 11) is 0. The maximum atomic E-state index is 12.9. The van der Waals surface area contributed by atoms with E-state index in [0.29, 0.717) is 19.4 Å². The minimum atomic E-state index is -0.735. The number of carbonyl (C=O) groups is 3. The average Bonchev–Trinajstić information content (AvgIpc) is 3.07. The fourth-order valence-electron chi connectivity index (χ4n) is 2.50. The van der Waals surface area contributed by atoms with Crippen LogP contribution in [0.25, 0.3) is 0 Å². The molecule has 0 aromatic heterocycles. The third-order valence-corrected chi connectivity index (χ3v) is 3.81. The number of likely N-dealkylation sites (tertiary alicyclic amines) is 1. The maximum Gasteiger partial charge on any atom is 0.410 e. The number of hydrogen-bond acceptors (Lipinski definition) is 5. The molecule has 0 spiro atoms. The average molecular weight is 351 g/mol. The molecule has 0 bridgehead atoms. The number of halogens is 1. The molecule has 136 valence electrons. The van der Waals surface area contributed by atoms with Crippen LogP contribution in [0.3, 0.4) is 0 Å². The summed E-state index contributed by atoms with van der Waals surface area (Å²) in [6.45, 7) is 4.09. The van der Waals surface area contributed by atoms with E-state index in [9.17, 15) is 18.8 Å². The fraction of sp³-hybridized carbons (Fsp3) is 0.500. The molecule has 0 unspecified atom stereocenters. The topological polar surface area (TPSA) is 72.9 Å². The smallest absolute Gasteiger partial charge is 0.410 e. The van der Waals surface area contributed by atoms with Crippen molar-refractivity contribution in [2.75, 3.05) is 19.8 Å². The Kier molecular flexibility index (Phi) is 6.50. The van der Waals surface area contributed by atoms with Crippen molar-refractivity contribution in [1.82, 2.24) is 4.90 Å². The Hall–Kier alpha value is -2.44. The van der Waals surface area contributed by atoms with E-state index >= 15 is 0 Å². The minimum absolute atomic E-state index is 0.199. The quantitative estimate of drug-likeness (QED) is 0.582. The molecule has 1 amide bonds. The van der Waals surface area contributed by atoms with Gasteiger partial charge >= 0.3 is 12.1 Å². The zero-order chi connectivity index (χ0) is 18.4. The molecule has 1 aliphatic rings. The Morgan fingerprint density at radius 1 is 1.20 bits per heavy atom. The lowest BCUT2D eigenvalue weighted by atomic mass is 10.1. The zero-order valence-electron chi connectivity index (χ0n) is 14.4. The molecule has 7 heteroatoms. The Morgan fingerprint density at radius 3 is 2.52 bits per heavy atom. The van der Waals surface area contributed by atoms with Crippen molar-refractivity contribution in [3.8, 4) is 0 Å². The summed E-state index contributed by atoms with van der Waals surface area (Å²) in [5.74, 6) is -1.31. The van der Waals surface area contributed by atoms with E-state index in [4.69, 9.17) is 9.47 Å². The van der Waals surface area contributed by atoms with Gasteiger partial charge in [0, 0.05) is 12.1 Å². The number of nitrogens with zero attached hydrogens (tertiary/aromatic N) is 1. The van der Waals surface area contributed by atoms with Crippen LogP contribution < -0.4 is 0 Å². The lowest BCUT2D eigenvalue weighted by Crippen LogP contribution is -2.42. The summed E-state index contributed by atoms with van der Waals surface area (Å²) >= 11 is 0. The SMILES string of the molecule is CC(C)COC(=O)N1CCC[C@@H]1C(=O)OCC(=O)c1ccc(F)cc1. The van der Waals surface area contributed by atoms with Crippen LogP contribution in [-0.2, 0) is 14.3 Å². The van der Waals surface area contributed by atoms with Gasteiger partial charge in [0.05, 0.1) is 6.61 Å². The number of esters is 1. The molecule has 1 aromatic rings. The number of hydrogen-bond donors (Lipinski definition) is 0. The van der Waals surface area contributed by atoms with Crippen molar-refractivity contribution in [2.24, 2.45) is 5.92 Å². The molecular formula is C18H22FNO5. The molecule has 1 heterocycles. The van der Waals surface area contributed by atoms with Gasteiger partial charge in [-0.05, 0) is 43.0 Å². The summed E-state index contributed by atoms with van der Waals surface area (Å²) in [4.78, 5) is 37.6. The van der Waals surface area contributed by atoms with Crippen molar-refractivity contribution >= 4 is 17.8 Å². The van der Waals surface area contributed by atoms with Crippen LogP contribution in [0.15, 0.2) is 24.3 Å². The molecule has 0 aliphatic carbocycles. The number of benzene rings is 1. The molecule has 1 saturated heterocycles. The molecule has 1 aromatic carbocycles. The van der Waals surface area contributed by atoms with E-state index in [0.717, 1.165) is 0 Å². The van der Waals surface area contributed by atoms with Gasteiger partial charge in [0.25, 0.3) is 0 Å². The molecule has 6 nitrogen and oxygen atoms in total. The first-order valence-electron chi connectivity index (χ1n) is 8.27. The molecule has 1 fully saturated rings. The summed E-state index contributed by atoms with van der Waals surface area (Å²) < 4.78 is 23.1. The monoisotopic (exact) mass is 351 g/mol. The Labute approximate surface area is 145 Å². The highest BCUT2D eigenvalue weighted by atomic mass is 19.1. The van der Waals surface area contributed by atoms with Crippen molar-refractivity contribution in [3.63, 3.8) is 0 Å². The van der Waals surface area contributed by atoms with E-state index in [1.807, 2.05) is 13.8 Å². The second kappa shape index (κ2) is 8.60. The second-order valence-electron chi connectivity index (χ2n) is 6.36. The van der Waals surface area contributed by atoms with Gasteiger partial charge in [-0.2, -0.15) is 0 Å². The summed E-state index contributed by atoms with van der Waals surface area (Å²) in [6, 6.07) is 4.25. The largest absolute Gasteiger partial charge is 0.456 e. The van der Waals surface area contributed by atoms with Crippen molar-refractivity contribution in [2.45, 2.75) is 32.7 Å². The van der Waals surface area contributed by atoms with Crippen LogP contribution in [0.4, 0.5) is 9.18 Å². The molecule has 0 saturated carbocycles. The summed E-state index contributed by atoms with van der Waals surface area (Å²) in [6.07, 6.45) is 0.598. The van der Waals surface area contributed by atoms with E-state index in [-0.39, 0.29) is 18.1 Å². The zero-order valence-corrected chi connectivity index (χ0v) is 14.4. The lowest BCUT2D eigenvalue weighted by molar-refractivity contribution is -0.147. The minimum Gasteiger partial charge on any atom is -0.456 e. The van der Waals surface area contributed by atoms with Gasteiger partial charge in [0.2, 0.25) is 0 Å². The highest BCUT2D eigenvalue weighted by Gasteiger charge is 2.36. The Bertz CT molecular complexity index is 629. The fourth-order valence-corrected chi connectivity index (χ4v) is 2.50. The first-order valence-corrected chi connectivity index (χ1v) is 8.27. The van der Waals surface area contributed by atoms with Crippen LogP contribution in [0, 0.1) is 11.7 Å². The van der Waals surface area contributed by atoms with Gasteiger partial charge in [-0.15, -0.1) is 0 Å². The van der Waals surface area contributed by atoms with Gasteiger partial charge in [-0.1, -0.05) is 13.8 Å². The van der Waals surface area contributed by atoms with Gasteiger partial charge in [0.15, 0.2) is 12.4 Å². The number of Topliss-reactive ketones (excluding diaryl/α,β-unsaturated/α-hetero) is 1. The molecule has 1 atom stereocenters. The maximum absolute atomic E-state index is 12.9. The first-order chi connectivity index (χ1) is 11.9. The molecule has 25 heavy (non-hydrogen) atoms. The van der Waals surface area contributed by atoms with Crippen LogP contribution >= 0.6 is 0 Å². The molecular weight excluding hydrogens is 329 g/mol. The van der Waals surface area contributed by atoms with Crippen LogP contribution in [-0.4, -0.2) is 48.5 Å². The molecule has 1 aliphatic heterocycles. The Morgan fingerprint density at radius 2 is 1.88 bits per heavy atom. The van der Waals surface area contributed by atoms with E-state index in [1.165, 1.54) is 29.2 Å². The van der Waals surface area contributed by atoms with Crippen LogP contribution in [0.1, 0.15) is 37.0 Å². The van der Waals surface area contributed by atoms with Gasteiger partial charge in [-0.25, -0.2) is 14.0 Å². The summed E-state index contributed by atoms with van der Waals surface area (Å²) in [5.41, 5.74) is 0.258. The van der Waals surface area contributed by atoms with Crippen molar-refractivity contribution in [3.05, 3.63) is 35.6 Å². The first kappa shape index (κ1) is 18.9. The van der Waals surface area contributed by atoms with Crippen molar-refractivity contribution < 1.29 is 28.2 Å². The van der Waals surface area contributed by atoms with E-state index < -0.39 is 36.3 Å². The Balaban J connectivity index is 1.87. The highest BCUT2D eigenvalue weighted by molar-refractivity contribution is 5.98. The predicted molar refractivity (Wildman–Crippen MR) is 87.6 cm³/mol. The third kappa shape index (κ3) is 5.27. The van der Waals surface area contributed by atoms with E-state index in [2.05, 4.69) is 0 Å². The predicted octanol–water partition coefficient (Wildman–Crippen LogP) is 2.81. The number of carbonyl (C=O) groups excluding carboxylic acids is 3. The molecule has 2 rings (SSSR count). The van der Waals surface area contributed by atoms with Crippen LogP contribution in [0.5, 0.6) is 0 Å². The molecule has 0 N–H and O–H groups in total. The normalized spacial score (nSPS) is 16.8. The standard InChI is InChI=1S/C18H22FNO5/c1-12(2)10-25-18(23)20-9-3-4-15(20)17(22)24-11-16(21)13-5-7-14(19)8-6-13/h5-8,12,15H,3-4,9-11H2,1-2H3/t15-/m1/s1. The second-order valence-corrected chi connectivity index (χ2v) is 6.36. The van der Waals surface area contributed by atoms with Crippen LogP contribution in [0.2, 0.25) is 0 Å². The van der Waals surface area contributed by atoms with Gasteiger partial charge < -0.3 is 9.47 Å². The van der Waals surface area contributed by atoms with Gasteiger partial charge in [0.1, 0.15) is 11.9 Å². The highest BCUT2D eigenvalue weighted by Crippen LogP contribution is 2.20. The van der Waals surface area contributed by atoms with E-state index in [1.54, 1.807) is 0 Å². The number of rotatable bonds is 6. The number of amides is 1. The van der Waals surface area contributed by atoms with Crippen molar-refractivity contribution in [1.29, 1.82) is 0 Å².